The Hall–Kier alpha value is -2.41. The molecule has 2 heterocycles. The molecule has 0 aliphatic carbocycles. The SMILES string of the molecule is Cc1c(C(=O)N2CC[C@@H](C(=O)O)C2)nnn1-c1ccccc1Cl. The second-order valence-corrected chi connectivity index (χ2v) is 5.87. The van der Waals surface area contributed by atoms with Crippen molar-refractivity contribution < 1.29 is 14.7 Å². The number of carboxylic acids is 1. The van der Waals surface area contributed by atoms with Crippen LogP contribution in [-0.4, -0.2) is 50.0 Å². The Bertz CT molecular complexity index is 774. The summed E-state index contributed by atoms with van der Waals surface area (Å²) in [7, 11) is 0. The average molecular weight is 335 g/mol. The van der Waals surface area contributed by atoms with Gasteiger partial charge in [-0.25, -0.2) is 4.68 Å². The molecule has 1 atom stereocenters. The van der Waals surface area contributed by atoms with Crippen LogP contribution in [0.25, 0.3) is 5.69 Å². The molecule has 1 aliphatic rings. The molecule has 0 radical (unpaired) electrons. The van der Waals surface area contributed by atoms with Crippen LogP contribution >= 0.6 is 11.6 Å². The smallest absolute Gasteiger partial charge is 0.308 e. The molecule has 0 bridgehead atoms. The summed E-state index contributed by atoms with van der Waals surface area (Å²) in [5.74, 6) is -1.70. The first-order valence-electron chi connectivity index (χ1n) is 7.18. The number of hydrogen-bond donors (Lipinski definition) is 1. The minimum atomic E-state index is -0.878. The van der Waals surface area contributed by atoms with Gasteiger partial charge in [0.25, 0.3) is 5.91 Å². The van der Waals surface area contributed by atoms with Gasteiger partial charge in [0.05, 0.1) is 22.3 Å². The summed E-state index contributed by atoms with van der Waals surface area (Å²) < 4.78 is 1.51. The van der Waals surface area contributed by atoms with Crippen LogP contribution in [0.3, 0.4) is 0 Å². The third-order valence-corrected chi connectivity index (χ3v) is 4.32. The molecule has 1 aromatic heterocycles. The van der Waals surface area contributed by atoms with Crippen LogP contribution in [-0.2, 0) is 4.79 Å². The van der Waals surface area contributed by atoms with E-state index in [-0.39, 0.29) is 18.1 Å². The molecule has 3 rings (SSSR count). The summed E-state index contributed by atoms with van der Waals surface area (Å²) in [5.41, 5.74) is 1.43. The Morgan fingerprint density at radius 1 is 1.35 bits per heavy atom. The van der Waals surface area contributed by atoms with Gasteiger partial charge in [0.2, 0.25) is 0 Å². The van der Waals surface area contributed by atoms with Gasteiger partial charge < -0.3 is 10.0 Å². The Morgan fingerprint density at radius 3 is 2.74 bits per heavy atom. The standard InChI is InChI=1S/C15H15ClN4O3/c1-9-13(14(21)19-7-6-10(8-19)15(22)23)17-18-20(9)12-5-3-2-4-11(12)16/h2-5,10H,6-8H2,1H3,(H,22,23)/t10-/m1/s1. The minimum Gasteiger partial charge on any atom is -0.481 e. The third kappa shape index (κ3) is 2.79. The van der Waals surface area contributed by atoms with Crippen LogP contribution in [0.1, 0.15) is 22.6 Å². The van der Waals surface area contributed by atoms with Crippen molar-refractivity contribution >= 4 is 23.5 Å². The van der Waals surface area contributed by atoms with Crippen molar-refractivity contribution in [2.45, 2.75) is 13.3 Å². The number of carbonyl (C=O) groups is 2. The first kappa shape index (κ1) is 15.5. The molecule has 8 heteroatoms. The van der Waals surface area contributed by atoms with Crippen LogP contribution in [0.2, 0.25) is 5.02 Å². The number of hydrogen-bond acceptors (Lipinski definition) is 4. The molecule has 0 spiro atoms. The van der Waals surface area contributed by atoms with Gasteiger partial charge >= 0.3 is 5.97 Å². The van der Waals surface area contributed by atoms with Crippen LogP contribution in [0, 0.1) is 12.8 Å². The maximum atomic E-state index is 12.5. The molecular formula is C15H15ClN4O3. The summed E-state index contributed by atoms with van der Waals surface area (Å²) >= 11 is 6.15. The number of aliphatic carboxylic acids is 1. The van der Waals surface area contributed by atoms with Gasteiger partial charge in [0.15, 0.2) is 5.69 Å². The molecular weight excluding hydrogens is 320 g/mol. The van der Waals surface area contributed by atoms with E-state index in [0.29, 0.717) is 29.4 Å². The van der Waals surface area contributed by atoms with Crippen molar-refractivity contribution in [2.24, 2.45) is 5.92 Å². The molecule has 120 valence electrons. The highest BCUT2D eigenvalue weighted by Gasteiger charge is 2.33. The molecule has 1 aliphatic heterocycles. The highest BCUT2D eigenvalue weighted by molar-refractivity contribution is 6.32. The molecule has 1 aromatic carbocycles. The number of benzene rings is 1. The Labute approximate surface area is 137 Å². The number of para-hydroxylation sites is 1. The topological polar surface area (TPSA) is 88.3 Å². The zero-order valence-corrected chi connectivity index (χ0v) is 13.2. The number of rotatable bonds is 3. The lowest BCUT2D eigenvalue weighted by molar-refractivity contribution is -0.141. The lowest BCUT2D eigenvalue weighted by atomic mass is 10.1. The summed E-state index contributed by atoms with van der Waals surface area (Å²) in [5, 5.41) is 17.5. The molecule has 1 N–H and O–H groups in total. The largest absolute Gasteiger partial charge is 0.481 e. The first-order valence-corrected chi connectivity index (χ1v) is 7.56. The number of carboxylic acid groups (broad SMARTS) is 1. The maximum Gasteiger partial charge on any atom is 0.308 e. The van der Waals surface area contributed by atoms with E-state index in [9.17, 15) is 9.59 Å². The number of aromatic nitrogens is 3. The van der Waals surface area contributed by atoms with Crippen molar-refractivity contribution in [1.82, 2.24) is 19.9 Å². The van der Waals surface area contributed by atoms with Crippen molar-refractivity contribution in [3.05, 3.63) is 40.7 Å². The van der Waals surface area contributed by atoms with E-state index in [1.165, 1.54) is 9.58 Å². The summed E-state index contributed by atoms with van der Waals surface area (Å²) in [6, 6.07) is 7.15. The predicted molar refractivity (Wildman–Crippen MR) is 82.8 cm³/mol. The molecule has 1 amide bonds. The Morgan fingerprint density at radius 2 is 2.09 bits per heavy atom. The van der Waals surface area contributed by atoms with Crippen molar-refractivity contribution in [2.75, 3.05) is 13.1 Å². The molecule has 2 aromatic rings. The summed E-state index contributed by atoms with van der Waals surface area (Å²) in [4.78, 5) is 25.1. The van der Waals surface area contributed by atoms with E-state index >= 15 is 0 Å². The molecule has 1 fully saturated rings. The molecule has 7 nitrogen and oxygen atoms in total. The second-order valence-electron chi connectivity index (χ2n) is 5.46. The molecule has 0 saturated carbocycles. The van der Waals surface area contributed by atoms with E-state index in [0.717, 1.165) is 0 Å². The first-order chi connectivity index (χ1) is 11.0. The van der Waals surface area contributed by atoms with E-state index in [4.69, 9.17) is 16.7 Å². The van der Waals surface area contributed by atoms with Crippen LogP contribution in [0.4, 0.5) is 0 Å². The highest BCUT2D eigenvalue weighted by atomic mass is 35.5. The lowest BCUT2D eigenvalue weighted by Gasteiger charge is -2.14. The van der Waals surface area contributed by atoms with E-state index in [1.54, 1.807) is 25.1 Å². The van der Waals surface area contributed by atoms with Gasteiger partial charge in [-0.15, -0.1) is 5.10 Å². The zero-order chi connectivity index (χ0) is 16.6. The molecule has 23 heavy (non-hydrogen) atoms. The normalized spacial score (nSPS) is 17.5. The van der Waals surface area contributed by atoms with Gasteiger partial charge in [0, 0.05) is 13.1 Å². The fourth-order valence-corrected chi connectivity index (χ4v) is 2.89. The van der Waals surface area contributed by atoms with Gasteiger partial charge in [-0.3, -0.25) is 9.59 Å². The highest BCUT2D eigenvalue weighted by Crippen LogP contribution is 2.23. The molecule has 0 unspecified atom stereocenters. The Kier molecular flexibility index (Phi) is 4.04. The van der Waals surface area contributed by atoms with Gasteiger partial charge in [-0.2, -0.15) is 0 Å². The molecule has 1 saturated heterocycles. The van der Waals surface area contributed by atoms with Gasteiger partial charge in [0.1, 0.15) is 0 Å². The Balaban J connectivity index is 1.87. The minimum absolute atomic E-state index is 0.201. The predicted octanol–water partition coefficient (Wildman–Crippen LogP) is 1.78. The number of nitrogens with zero attached hydrogens (tertiary/aromatic N) is 4. The second kappa shape index (κ2) is 6.00. The fraction of sp³-hybridized carbons (Fsp3) is 0.333. The quantitative estimate of drug-likeness (QED) is 0.924. The van der Waals surface area contributed by atoms with E-state index in [1.807, 2.05) is 6.07 Å². The summed E-state index contributed by atoms with van der Waals surface area (Å²) in [6.07, 6.45) is 0.457. The maximum absolute atomic E-state index is 12.5. The van der Waals surface area contributed by atoms with Gasteiger partial charge in [-0.05, 0) is 25.5 Å². The van der Waals surface area contributed by atoms with E-state index in [2.05, 4.69) is 10.3 Å². The van der Waals surface area contributed by atoms with E-state index < -0.39 is 11.9 Å². The monoisotopic (exact) mass is 334 g/mol. The van der Waals surface area contributed by atoms with Crippen LogP contribution < -0.4 is 0 Å². The number of carbonyl (C=O) groups excluding carboxylic acids is 1. The number of halogens is 1. The van der Waals surface area contributed by atoms with Crippen LogP contribution in [0.15, 0.2) is 24.3 Å². The van der Waals surface area contributed by atoms with Crippen molar-refractivity contribution in [1.29, 1.82) is 0 Å². The van der Waals surface area contributed by atoms with Crippen molar-refractivity contribution in [3.63, 3.8) is 0 Å². The number of amides is 1. The summed E-state index contributed by atoms with van der Waals surface area (Å²) in [6.45, 7) is 2.35. The lowest BCUT2D eigenvalue weighted by Crippen LogP contribution is -2.30. The van der Waals surface area contributed by atoms with Gasteiger partial charge in [-0.1, -0.05) is 28.9 Å². The third-order valence-electron chi connectivity index (χ3n) is 4.00. The zero-order valence-electron chi connectivity index (χ0n) is 12.4. The van der Waals surface area contributed by atoms with Crippen molar-refractivity contribution in [3.8, 4) is 5.69 Å². The fourth-order valence-electron chi connectivity index (χ4n) is 2.68. The number of likely N-dealkylation sites (tertiary alicyclic amines) is 1. The average Bonchev–Trinajstić information content (AvgIpc) is 3.14. The van der Waals surface area contributed by atoms with Crippen LogP contribution in [0.5, 0.6) is 0 Å².